The highest BCUT2D eigenvalue weighted by Crippen LogP contribution is 2.26. The fourth-order valence-electron chi connectivity index (χ4n) is 1.87. The van der Waals surface area contributed by atoms with Gasteiger partial charge in [0, 0.05) is 12.4 Å². The van der Waals surface area contributed by atoms with Gasteiger partial charge < -0.3 is 4.74 Å². The molecule has 0 amide bonds. The molecule has 3 heteroatoms. The Kier molecular flexibility index (Phi) is 2.48. The minimum atomic E-state index is -0.0799. The van der Waals surface area contributed by atoms with E-state index in [1.807, 2.05) is 19.2 Å². The van der Waals surface area contributed by atoms with Crippen LogP contribution in [0.3, 0.4) is 0 Å². The van der Waals surface area contributed by atoms with Gasteiger partial charge >= 0.3 is 5.97 Å². The van der Waals surface area contributed by atoms with Crippen LogP contribution in [0.15, 0.2) is 18.5 Å². The summed E-state index contributed by atoms with van der Waals surface area (Å²) >= 11 is 0. The predicted molar refractivity (Wildman–Crippen MR) is 51.8 cm³/mol. The van der Waals surface area contributed by atoms with E-state index in [1.54, 1.807) is 6.20 Å². The highest BCUT2D eigenvalue weighted by atomic mass is 16.5. The van der Waals surface area contributed by atoms with Gasteiger partial charge in [0.2, 0.25) is 0 Å². The van der Waals surface area contributed by atoms with E-state index in [0.717, 1.165) is 12.8 Å². The zero-order valence-corrected chi connectivity index (χ0v) is 8.19. The van der Waals surface area contributed by atoms with Crippen LogP contribution in [0.4, 0.5) is 0 Å². The molecule has 0 aromatic carbocycles. The summed E-state index contributed by atoms with van der Waals surface area (Å²) in [5.41, 5.74) is 2.42. The Bertz CT molecular complexity index is 324. The third-order valence-corrected chi connectivity index (χ3v) is 2.56. The fraction of sp³-hybridized carbons (Fsp3) is 0.455. The van der Waals surface area contributed by atoms with Crippen molar-refractivity contribution in [3.8, 4) is 0 Å². The number of pyridine rings is 1. The van der Waals surface area contributed by atoms with Crippen molar-refractivity contribution in [1.82, 2.24) is 4.98 Å². The van der Waals surface area contributed by atoms with Crippen LogP contribution in [0.2, 0.25) is 0 Å². The van der Waals surface area contributed by atoms with Gasteiger partial charge in [-0.2, -0.15) is 0 Å². The van der Waals surface area contributed by atoms with Crippen LogP contribution in [0.5, 0.6) is 0 Å². The van der Waals surface area contributed by atoms with Gasteiger partial charge in [-0.25, -0.2) is 0 Å². The van der Waals surface area contributed by atoms with E-state index >= 15 is 0 Å². The molecule has 3 nitrogen and oxygen atoms in total. The molecule has 0 saturated carbocycles. The number of hydrogen-bond donors (Lipinski definition) is 0. The minimum Gasteiger partial charge on any atom is -0.466 e. The number of rotatable bonds is 2. The minimum absolute atomic E-state index is 0.00847. The largest absolute Gasteiger partial charge is 0.466 e. The summed E-state index contributed by atoms with van der Waals surface area (Å²) in [4.78, 5) is 15.5. The first-order valence-electron chi connectivity index (χ1n) is 4.89. The lowest BCUT2D eigenvalue weighted by Crippen LogP contribution is -2.17. The van der Waals surface area contributed by atoms with E-state index in [0.29, 0.717) is 6.61 Å². The molecule has 1 aromatic heterocycles. The third kappa shape index (κ3) is 1.62. The van der Waals surface area contributed by atoms with Gasteiger partial charge in [0.1, 0.15) is 0 Å². The van der Waals surface area contributed by atoms with Crippen molar-refractivity contribution in [2.24, 2.45) is 5.92 Å². The highest BCUT2D eigenvalue weighted by molar-refractivity contribution is 5.74. The first-order chi connectivity index (χ1) is 6.81. The molecule has 1 unspecified atom stereocenters. The maximum Gasteiger partial charge on any atom is 0.309 e. The average Bonchev–Trinajstić information content (AvgIpc) is 2.61. The average molecular weight is 191 g/mol. The van der Waals surface area contributed by atoms with Gasteiger partial charge in [0.05, 0.1) is 12.5 Å². The molecule has 1 aliphatic carbocycles. The molecule has 0 spiro atoms. The van der Waals surface area contributed by atoms with Gasteiger partial charge in [-0.3, -0.25) is 9.78 Å². The van der Waals surface area contributed by atoms with E-state index < -0.39 is 0 Å². The maximum atomic E-state index is 11.5. The van der Waals surface area contributed by atoms with Gasteiger partial charge in [0.25, 0.3) is 0 Å². The molecule has 2 rings (SSSR count). The van der Waals surface area contributed by atoms with Crippen molar-refractivity contribution < 1.29 is 9.53 Å². The predicted octanol–water partition coefficient (Wildman–Crippen LogP) is 1.36. The molecule has 0 aliphatic heterocycles. The molecule has 0 radical (unpaired) electrons. The Morgan fingerprint density at radius 3 is 3.07 bits per heavy atom. The first kappa shape index (κ1) is 9.19. The molecular formula is C11H13NO2. The monoisotopic (exact) mass is 191 g/mol. The van der Waals surface area contributed by atoms with Crippen LogP contribution in [0, 0.1) is 5.92 Å². The molecule has 0 N–H and O–H groups in total. The van der Waals surface area contributed by atoms with Crippen molar-refractivity contribution in [3.05, 3.63) is 29.6 Å². The highest BCUT2D eigenvalue weighted by Gasteiger charge is 2.28. The second kappa shape index (κ2) is 3.78. The number of hydrogen-bond acceptors (Lipinski definition) is 3. The second-order valence-corrected chi connectivity index (χ2v) is 3.50. The van der Waals surface area contributed by atoms with Crippen LogP contribution >= 0.6 is 0 Å². The number of ether oxygens (including phenoxy) is 1. The standard InChI is InChI=1S/C11H13NO2/c1-2-14-11(13)9-5-8-3-4-12-7-10(8)6-9/h3-4,7,9H,2,5-6H2,1H3. The van der Waals surface area contributed by atoms with Gasteiger partial charge in [-0.05, 0) is 37.0 Å². The summed E-state index contributed by atoms with van der Waals surface area (Å²) in [5, 5.41) is 0. The molecule has 74 valence electrons. The first-order valence-corrected chi connectivity index (χ1v) is 4.89. The molecule has 0 fully saturated rings. The lowest BCUT2D eigenvalue weighted by atomic mass is 10.1. The Hall–Kier alpha value is -1.38. The SMILES string of the molecule is CCOC(=O)C1Cc2ccncc2C1. The molecule has 1 heterocycles. The number of fused-ring (bicyclic) bond motifs is 1. The molecule has 0 saturated heterocycles. The molecule has 1 atom stereocenters. The lowest BCUT2D eigenvalue weighted by molar-refractivity contribution is -0.147. The van der Waals surface area contributed by atoms with E-state index in [4.69, 9.17) is 4.74 Å². The van der Waals surface area contributed by atoms with E-state index in [2.05, 4.69) is 4.98 Å². The quantitative estimate of drug-likeness (QED) is 0.662. The van der Waals surface area contributed by atoms with Gasteiger partial charge in [0.15, 0.2) is 0 Å². The van der Waals surface area contributed by atoms with Crippen molar-refractivity contribution in [2.45, 2.75) is 19.8 Å². The summed E-state index contributed by atoms with van der Waals surface area (Å²) in [7, 11) is 0. The Labute approximate surface area is 83.1 Å². The van der Waals surface area contributed by atoms with Crippen LogP contribution < -0.4 is 0 Å². The van der Waals surface area contributed by atoms with Crippen molar-refractivity contribution in [1.29, 1.82) is 0 Å². The Morgan fingerprint density at radius 1 is 1.57 bits per heavy atom. The Balaban J connectivity index is 2.08. The second-order valence-electron chi connectivity index (χ2n) is 3.50. The Morgan fingerprint density at radius 2 is 2.36 bits per heavy atom. The van der Waals surface area contributed by atoms with Gasteiger partial charge in [-0.15, -0.1) is 0 Å². The van der Waals surface area contributed by atoms with Crippen LogP contribution in [0.25, 0.3) is 0 Å². The zero-order chi connectivity index (χ0) is 9.97. The summed E-state index contributed by atoms with van der Waals surface area (Å²) in [6.45, 7) is 2.30. The number of esters is 1. The van der Waals surface area contributed by atoms with E-state index in [-0.39, 0.29) is 11.9 Å². The summed E-state index contributed by atoms with van der Waals surface area (Å²) in [5.74, 6) is -0.0714. The summed E-state index contributed by atoms with van der Waals surface area (Å²) < 4.78 is 5.00. The zero-order valence-electron chi connectivity index (χ0n) is 8.19. The number of nitrogens with zero attached hydrogens (tertiary/aromatic N) is 1. The maximum absolute atomic E-state index is 11.5. The molecule has 0 bridgehead atoms. The lowest BCUT2D eigenvalue weighted by Gasteiger charge is -2.06. The number of aromatic nitrogens is 1. The third-order valence-electron chi connectivity index (χ3n) is 2.56. The number of carbonyl (C=O) groups is 1. The van der Waals surface area contributed by atoms with Crippen LogP contribution in [-0.2, 0) is 22.4 Å². The summed E-state index contributed by atoms with van der Waals surface area (Å²) in [6, 6.07) is 1.98. The smallest absolute Gasteiger partial charge is 0.309 e. The summed E-state index contributed by atoms with van der Waals surface area (Å²) in [6.07, 6.45) is 5.19. The van der Waals surface area contributed by atoms with Crippen LogP contribution in [0.1, 0.15) is 18.1 Å². The van der Waals surface area contributed by atoms with Crippen molar-refractivity contribution in [2.75, 3.05) is 6.61 Å². The molecular weight excluding hydrogens is 178 g/mol. The van der Waals surface area contributed by atoms with E-state index in [1.165, 1.54) is 11.1 Å². The fourth-order valence-corrected chi connectivity index (χ4v) is 1.87. The topological polar surface area (TPSA) is 39.2 Å². The molecule has 1 aliphatic rings. The molecule has 14 heavy (non-hydrogen) atoms. The van der Waals surface area contributed by atoms with E-state index in [9.17, 15) is 4.79 Å². The molecule has 1 aromatic rings. The number of carbonyl (C=O) groups excluding carboxylic acids is 1. The van der Waals surface area contributed by atoms with Crippen LogP contribution in [-0.4, -0.2) is 17.6 Å². The van der Waals surface area contributed by atoms with Gasteiger partial charge in [-0.1, -0.05) is 0 Å². The van der Waals surface area contributed by atoms with Crippen molar-refractivity contribution >= 4 is 5.97 Å². The van der Waals surface area contributed by atoms with Crippen molar-refractivity contribution in [3.63, 3.8) is 0 Å². The normalized spacial score (nSPS) is 19.1.